The van der Waals surface area contributed by atoms with Crippen molar-refractivity contribution in [3.05, 3.63) is 17.0 Å². The van der Waals surface area contributed by atoms with Gasteiger partial charge in [0.1, 0.15) is 16.8 Å². The summed E-state index contributed by atoms with van der Waals surface area (Å²) in [6.45, 7) is 3.81. The average molecular weight is 302 g/mol. The third-order valence-electron chi connectivity index (χ3n) is 3.44. The smallest absolute Gasteiger partial charge is 0.134 e. The number of hydrogen-bond acceptors (Lipinski definition) is 4. The van der Waals surface area contributed by atoms with Gasteiger partial charge in [0.15, 0.2) is 0 Å². The molecular weight excluding hydrogens is 282 g/mol. The highest BCUT2D eigenvalue weighted by atomic mass is 35.5. The molecule has 106 valence electrons. The van der Waals surface area contributed by atoms with Gasteiger partial charge in [0.25, 0.3) is 0 Å². The molecule has 1 aliphatic carbocycles. The van der Waals surface area contributed by atoms with Gasteiger partial charge in [-0.25, -0.2) is 9.97 Å². The summed E-state index contributed by atoms with van der Waals surface area (Å²) in [4.78, 5) is 8.39. The fourth-order valence-corrected chi connectivity index (χ4v) is 4.14. The van der Waals surface area contributed by atoms with Crippen LogP contribution in [0.4, 0.5) is 5.82 Å². The van der Waals surface area contributed by atoms with E-state index in [1.807, 2.05) is 13.8 Å². The Bertz CT molecular complexity index is 449. The average Bonchev–Trinajstić information content (AvgIpc) is 2.37. The van der Waals surface area contributed by atoms with Crippen molar-refractivity contribution >= 4 is 28.2 Å². The van der Waals surface area contributed by atoms with Crippen molar-refractivity contribution in [3.8, 4) is 0 Å². The van der Waals surface area contributed by atoms with Crippen LogP contribution in [0.1, 0.15) is 38.4 Å². The van der Waals surface area contributed by atoms with Crippen molar-refractivity contribution < 1.29 is 4.21 Å². The standard InChI is InChI=1S/C13H20ClN3OS/c1-3-19(18)11-6-4-5-10(7-11)17-13-8-12(14)15-9(2)16-13/h8,10-11H,3-7H2,1-2H3,(H,15,16,17). The van der Waals surface area contributed by atoms with Crippen molar-refractivity contribution in [1.82, 2.24) is 9.97 Å². The molecule has 3 unspecified atom stereocenters. The molecule has 4 nitrogen and oxygen atoms in total. The highest BCUT2D eigenvalue weighted by molar-refractivity contribution is 7.85. The van der Waals surface area contributed by atoms with E-state index < -0.39 is 10.8 Å². The molecule has 6 heteroatoms. The minimum atomic E-state index is -0.700. The van der Waals surface area contributed by atoms with E-state index in [0.29, 0.717) is 22.3 Å². The van der Waals surface area contributed by atoms with Crippen molar-refractivity contribution in [2.75, 3.05) is 11.1 Å². The van der Waals surface area contributed by atoms with Crippen LogP contribution in [0.3, 0.4) is 0 Å². The Balaban J connectivity index is 2.00. The highest BCUT2D eigenvalue weighted by Gasteiger charge is 2.25. The fraction of sp³-hybridized carbons (Fsp3) is 0.692. The minimum Gasteiger partial charge on any atom is -0.367 e. The summed E-state index contributed by atoms with van der Waals surface area (Å²) in [5.74, 6) is 2.18. The third kappa shape index (κ3) is 4.14. The molecule has 19 heavy (non-hydrogen) atoms. The molecule has 1 N–H and O–H groups in total. The van der Waals surface area contributed by atoms with Crippen molar-refractivity contribution in [2.24, 2.45) is 0 Å². The van der Waals surface area contributed by atoms with Crippen LogP contribution < -0.4 is 5.32 Å². The maximum Gasteiger partial charge on any atom is 0.134 e. The van der Waals surface area contributed by atoms with Crippen molar-refractivity contribution in [3.63, 3.8) is 0 Å². The van der Waals surface area contributed by atoms with E-state index in [1.54, 1.807) is 6.07 Å². The minimum absolute atomic E-state index is 0.314. The molecule has 0 bridgehead atoms. The Hall–Kier alpha value is -0.680. The first-order valence-corrected chi connectivity index (χ1v) is 8.49. The highest BCUT2D eigenvalue weighted by Crippen LogP contribution is 2.25. The zero-order valence-corrected chi connectivity index (χ0v) is 12.9. The first-order valence-electron chi connectivity index (χ1n) is 6.73. The molecule has 0 spiro atoms. The first kappa shape index (κ1) is 14.7. The summed E-state index contributed by atoms with van der Waals surface area (Å²) in [6.07, 6.45) is 4.23. The van der Waals surface area contributed by atoms with Gasteiger partial charge in [0.05, 0.1) is 0 Å². The lowest BCUT2D eigenvalue weighted by Gasteiger charge is -2.29. The SMILES string of the molecule is CCS(=O)C1CCCC(Nc2cc(Cl)nc(C)n2)C1. The summed E-state index contributed by atoms with van der Waals surface area (Å²) < 4.78 is 11.9. The Morgan fingerprint density at radius 3 is 2.95 bits per heavy atom. The first-order chi connectivity index (χ1) is 9.08. The van der Waals surface area contributed by atoms with E-state index in [-0.39, 0.29) is 0 Å². The summed E-state index contributed by atoms with van der Waals surface area (Å²) in [5, 5.41) is 4.17. The Morgan fingerprint density at radius 1 is 1.47 bits per heavy atom. The van der Waals surface area contributed by atoms with Crippen LogP contribution in [0.5, 0.6) is 0 Å². The van der Waals surface area contributed by atoms with Gasteiger partial charge in [-0.2, -0.15) is 0 Å². The van der Waals surface area contributed by atoms with Crippen LogP contribution in [-0.4, -0.2) is 31.2 Å². The molecule has 0 aromatic carbocycles. The van der Waals surface area contributed by atoms with Gasteiger partial charge in [-0.3, -0.25) is 4.21 Å². The lowest BCUT2D eigenvalue weighted by atomic mass is 9.95. The van der Waals surface area contributed by atoms with Gasteiger partial charge in [-0.15, -0.1) is 0 Å². The summed E-state index contributed by atoms with van der Waals surface area (Å²) in [5.41, 5.74) is 0. The second kappa shape index (κ2) is 6.66. The lowest BCUT2D eigenvalue weighted by molar-refractivity contribution is 0.464. The summed E-state index contributed by atoms with van der Waals surface area (Å²) >= 11 is 5.93. The zero-order chi connectivity index (χ0) is 13.8. The van der Waals surface area contributed by atoms with Gasteiger partial charge in [0.2, 0.25) is 0 Å². The van der Waals surface area contributed by atoms with E-state index in [9.17, 15) is 4.21 Å². The second-order valence-electron chi connectivity index (χ2n) is 4.92. The van der Waals surface area contributed by atoms with Crippen molar-refractivity contribution in [1.29, 1.82) is 0 Å². The molecule has 1 aromatic heterocycles. The molecule has 3 atom stereocenters. The monoisotopic (exact) mass is 301 g/mol. The number of hydrogen-bond donors (Lipinski definition) is 1. The lowest BCUT2D eigenvalue weighted by Crippen LogP contribution is -2.33. The summed E-state index contributed by atoms with van der Waals surface area (Å²) in [6, 6.07) is 2.08. The Morgan fingerprint density at radius 2 is 2.26 bits per heavy atom. The molecular formula is C13H20ClN3OS. The molecule has 0 saturated heterocycles. The van der Waals surface area contributed by atoms with Gasteiger partial charge in [0, 0.05) is 33.9 Å². The largest absolute Gasteiger partial charge is 0.367 e. The molecule has 1 heterocycles. The van der Waals surface area contributed by atoms with E-state index >= 15 is 0 Å². The molecule has 2 rings (SSSR count). The van der Waals surface area contributed by atoms with E-state index in [2.05, 4.69) is 15.3 Å². The molecule has 0 amide bonds. The maximum absolute atomic E-state index is 11.9. The molecule has 0 aliphatic heterocycles. The molecule has 1 aromatic rings. The molecule has 1 fully saturated rings. The number of nitrogens with zero attached hydrogens (tertiary/aromatic N) is 2. The van der Waals surface area contributed by atoms with Crippen LogP contribution >= 0.6 is 11.6 Å². The Kier molecular flexibility index (Phi) is 5.16. The number of halogens is 1. The van der Waals surface area contributed by atoms with Gasteiger partial charge < -0.3 is 5.32 Å². The van der Waals surface area contributed by atoms with Crippen LogP contribution in [0.25, 0.3) is 0 Å². The number of aryl methyl sites for hydroxylation is 1. The fourth-order valence-electron chi connectivity index (χ4n) is 2.56. The summed E-state index contributed by atoms with van der Waals surface area (Å²) in [7, 11) is -0.700. The van der Waals surface area contributed by atoms with E-state index in [4.69, 9.17) is 11.6 Å². The number of rotatable bonds is 4. The van der Waals surface area contributed by atoms with Crippen LogP contribution in [-0.2, 0) is 10.8 Å². The van der Waals surface area contributed by atoms with Gasteiger partial charge in [-0.1, -0.05) is 24.9 Å². The van der Waals surface area contributed by atoms with Crippen molar-refractivity contribution in [2.45, 2.75) is 50.8 Å². The zero-order valence-electron chi connectivity index (χ0n) is 11.4. The molecule has 0 radical (unpaired) electrons. The van der Waals surface area contributed by atoms with E-state index in [0.717, 1.165) is 37.3 Å². The quantitative estimate of drug-likeness (QED) is 0.869. The van der Waals surface area contributed by atoms with Gasteiger partial charge in [-0.05, 0) is 26.2 Å². The van der Waals surface area contributed by atoms with Crippen LogP contribution in [0, 0.1) is 6.92 Å². The maximum atomic E-state index is 11.9. The van der Waals surface area contributed by atoms with Gasteiger partial charge >= 0.3 is 0 Å². The second-order valence-corrected chi connectivity index (χ2v) is 7.32. The van der Waals surface area contributed by atoms with E-state index in [1.165, 1.54) is 0 Å². The number of nitrogens with one attached hydrogen (secondary N) is 1. The number of anilines is 1. The van der Waals surface area contributed by atoms with Crippen LogP contribution in [0.2, 0.25) is 5.15 Å². The normalized spacial score (nSPS) is 25.0. The third-order valence-corrected chi connectivity index (χ3v) is 5.38. The predicted molar refractivity (Wildman–Crippen MR) is 80.1 cm³/mol. The number of aromatic nitrogens is 2. The van der Waals surface area contributed by atoms with Crippen LogP contribution in [0.15, 0.2) is 6.07 Å². The predicted octanol–water partition coefficient (Wildman–Crippen LogP) is 2.93. The topological polar surface area (TPSA) is 54.9 Å². The molecule has 1 saturated carbocycles. The Labute approximate surface area is 121 Å². The molecule has 1 aliphatic rings.